The number of epoxide rings is 1. The number of hydrogen-bond acceptors (Lipinski definition) is 2. The lowest BCUT2D eigenvalue weighted by molar-refractivity contribution is 0.348. The van der Waals surface area contributed by atoms with Crippen molar-refractivity contribution in [2.24, 2.45) is 0 Å². The molecule has 1 aliphatic heterocycles. The summed E-state index contributed by atoms with van der Waals surface area (Å²) >= 11 is 1.64. The first kappa shape index (κ1) is 9.03. The fourth-order valence-electron chi connectivity index (χ4n) is 0.999. The third kappa shape index (κ3) is 2.45. The van der Waals surface area contributed by atoms with Gasteiger partial charge in [-0.25, -0.2) is 4.39 Å². The van der Waals surface area contributed by atoms with Gasteiger partial charge in [-0.3, -0.25) is 0 Å². The van der Waals surface area contributed by atoms with E-state index in [2.05, 4.69) is 6.92 Å². The van der Waals surface area contributed by atoms with Crippen LogP contribution in [0, 0.1) is 5.82 Å². The Bertz CT molecular complexity index is 310. The van der Waals surface area contributed by atoms with E-state index in [1.165, 1.54) is 6.07 Å². The molecule has 1 unspecified atom stereocenters. The summed E-state index contributed by atoms with van der Waals surface area (Å²) < 4.78 is 18.0. The van der Waals surface area contributed by atoms with Gasteiger partial charge in [0.25, 0.3) is 0 Å². The van der Waals surface area contributed by atoms with Crippen LogP contribution in [0.3, 0.4) is 0 Å². The van der Waals surface area contributed by atoms with Crippen LogP contribution in [0.4, 0.5) is 4.39 Å². The van der Waals surface area contributed by atoms with Gasteiger partial charge in [-0.1, -0.05) is 6.07 Å². The van der Waals surface area contributed by atoms with Gasteiger partial charge in [0, 0.05) is 10.6 Å². The highest BCUT2D eigenvalue weighted by Crippen LogP contribution is 2.33. The lowest BCUT2D eigenvalue weighted by atomic mass is 10.3. The maximum atomic E-state index is 12.8. The van der Waals surface area contributed by atoms with E-state index >= 15 is 0 Å². The Morgan fingerprint density at radius 3 is 3.00 bits per heavy atom. The average Bonchev–Trinajstić information content (AvgIpc) is 2.82. The average molecular weight is 198 g/mol. The van der Waals surface area contributed by atoms with Gasteiger partial charge in [-0.15, -0.1) is 11.8 Å². The van der Waals surface area contributed by atoms with Crippen molar-refractivity contribution in [1.82, 2.24) is 0 Å². The van der Waals surface area contributed by atoms with E-state index in [1.807, 2.05) is 6.07 Å². The topological polar surface area (TPSA) is 12.5 Å². The summed E-state index contributed by atoms with van der Waals surface area (Å²) in [4.78, 5) is 0.969. The standard InChI is InChI=1S/C10H11FOS/c1-10(6-12-10)7-13-9-4-2-3-8(11)5-9/h2-5H,6-7H2,1H3. The quantitative estimate of drug-likeness (QED) is 0.547. The second-order valence-electron chi connectivity index (χ2n) is 3.48. The minimum atomic E-state index is -0.174. The van der Waals surface area contributed by atoms with Crippen molar-refractivity contribution in [1.29, 1.82) is 0 Å². The predicted octanol–water partition coefficient (Wildman–Crippen LogP) is 2.71. The molecular formula is C10H11FOS. The van der Waals surface area contributed by atoms with E-state index in [-0.39, 0.29) is 11.4 Å². The maximum absolute atomic E-state index is 12.8. The molecule has 0 N–H and O–H groups in total. The molecule has 0 saturated carbocycles. The highest BCUT2D eigenvalue weighted by molar-refractivity contribution is 7.99. The van der Waals surface area contributed by atoms with Crippen LogP contribution in [0.2, 0.25) is 0 Å². The lowest BCUT2D eigenvalue weighted by Gasteiger charge is -2.04. The Hall–Kier alpha value is -0.540. The van der Waals surface area contributed by atoms with Gasteiger partial charge in [0.05, 0.1) is 12.2 Å². The van der Waals surface area contributed by atoms with Gasteiger partial charge >= 0.3 is 0 Å². The molecule has 1 saturated heterocycles. The first-order chi connectivity index (χ1) is 6.18. The molecule has 13 heavy (non-hydrogen) atoms. The third-order valence-electron chi connectivity index (χ3n) is 1.98. The summed E-state index contributed by atoms with van der Waals surface area (Å²) in [5.41, 5.74) is 0.0387. The van der Waals surface area contributed by atoms with Gasteiger partial charge in [0.2, 0.25) is 0 Å². The molecule has 0 bridgehead atoms. The third-order valence-corrected chi connectivity index (χ3v) is 3.32. The molecule has 3 heteroatoms. The van der Waals surface area contributed by atoms with E-state index in [0.717, 1.165) is 17.3 Å². The summed E-state index contributed by atoms with van der Waals surface area (Å²) in [5.74, 6) is 0.725. The lowest BCUT2D eigenvalue weighted by Crippen LogP contribution is -2.07. The number of benzene rings is 1. The summed E-state index contributed by atoms with van der Waals surface area (Å²) in [5, 5.41) is 0. The molecule has 0 amide bonds. The summed E-state index contributed by atoms with van der Waals surface area (Å²) in [6, 6.07) is 6.66. The monoisotopic (exact) mass is 198 g/mol. The molecule has 2 rings (SSSR count). The van der Waals surface area contributed by atoms with Crippen molar-refractivity contribution in [2.45, 2.75) is 17.4 Å². The molecule has 70 valence electrons. The molecule has 1 nitrogen and oxygen atoms in total. The summed E-state index contributed by atoms with van der Waals surface area (Å²) in [7, 11) is 0. The first-order valence-corrected chi connectivity index (χ1v) is 5.19. The van der Waals surface area contributed by atoms with Crippen LogP contribution in [0.15, 0.2) is 29.2 Å². The number of halogens is 1. The molecular weight excluding hydrogens is 187 g/mol. The van der Waals surface area contributed by atoms with E-state index in [1.54, 1.807) is 23.9 Å². The Labute approximate surface area is 81.3 Å². The Balaban J connectivity index is 1.94. The van der Waals surface area contributed by atoms with Gasteiger partial charge in [0.1, 0.15) is 5.82 Å². The molecule has 0 aromatic heterocycles. The van der Waals surface area contributed by atoms with Gasteiger partial charge in [0.15, 0.2) is 0 Å². The Morgan fingerprint density at radius 2 is 2.38 bits per heavy atom. The van der Waals surface area contributed by atoms with Crippen molar-refractivity contribution in [3.63, 3.8) is 0 Å². The second kappa shape index (κ2) is 3.31. The number of thioether (sulfide) groups is 1. The zero-order valence-electron chi connectivity index (χ0n) is 7.42. The van der Waals surface area contributed by atoms with Crippen molar-refractivity contribution in [3.8, 4) is 0 Å². The normalized spacial score (nSPS) is 26.0. The van der Waals surface area contributed by atoms with Crippen LogP contribution < -0.4 is 0 Å². The highest BCUT2D eigenvalue weighted by atomic mass is 32.2. The van der Waals surface area contributed by atoms with Crippen LogP contribution in [0.25, 0.3) is 0 Å². The van der Waals surface area contributed by atoms with E-state index in [9.17, 15) is 4.39 Å². The molecule has 1 aliphatic rings. The fraction of sp³-hybridized carbons (Fsp3) is 0.400. The smallest absolute Gasteiger partial charge is 0.124 e. The second-order valence-corrected chi connectivity index (χ2v) is 4.53. The van der Waals surface area contributed by atoms with Crippen molar-refractivity contribution in [3.05, 3.63) is 30.1 Å². The predicted molar refractivity (Wildman–Crippen MR) is 51.5 cm³/mol. The zero-order chi connectivity index (χ0) is 9.31. The Morgan fingerprint density at radius 1 is 1.62 bits per heavy atom. The maximum Gasteiger partial charge on any atom is 0.124 e. The summed E-state index contributed by atoms with van der Waals surface area (Å²) in [6.45, 7) is 2.90. The minimum absolute atomic E-state index is 0.0387. The van der Waals surface area contributed by atoms with E-state index in [0.29, 0.717) is 0 Å². The molecule has 1 fully saturated rings. The van der Waals surface area contributed by atoms with Crippen molar-refractivity contribution >= 4 is 11.8 Å². The van der Waals surface area contributed by atoms with Crippen LogP contribution in [0.5, 0.6) is 0 Å². The van der Waals surface area contributed by atoms with E-state index < -0.39 is 0 Å². The van der Waals surface area contributed by atoms with Gasteiger partial charge in [-0.2, -0.15) is 0 Å². The minimum Gasteiger partial charge on any atom is -0.369 e. The zero-order valence-corrected chi connectivity index (χ0v) is 8.23. The number of hydrogen-bond donors (Lipinski definition) is 0. The van der Waals surface area contributed by atoms with Crippen LogP contribution >= 0.6 is 11.8 Å². The number of ether oxygens (including phenoxy) is 1. The van der Waals surface area contributed by atoms with Crippen LogP contribution in [0.1, 0.15) is 6.92 Å². The molecule has 0 aliphatic carbocycles. The molecule has 0 radical (unpaired) electrons. The van der Waals surface area contributed by atoms with E-state index in [4.69, 9.17) is 4.74 Å². The first-order valence-electron chi connectivity index (χ1n) is 4.20. The van der Waals surface area contributed by atoms with Gasteiger partial charge < -0.3 is 4.74 Å². The summed E-state index contributed by atoms with van der Waals surface area (Å²) in [6.07, 6.45) is 0. The largest absolute Gasteiger partial charge is 0.369 e. The molecule has 1 aromatic rings. The molecule has 1 atom stereocenters. The highest BCUT2D eigenvalue weighted by Gasteiger charge is 2.38. The van der Waals surface area contributed by atoms with Gasteiger partial charge in [-0.05, 0) is 25.1 Å². The van der Waals surface area contributed by atoms with Crippen LogP contribution in [-0.4, -0.2) is 18.0 Å². The molecule has 1 aromatic carbocycles. The number of rotatable bonds is 3. The molecule has 1 heterocycles. The SMILES string of the molecule is CC1(CSc2cccc(F)c2)CO1. The fourth-order valence-corrected chi connectivity index (χ4v) is 2.01. The Kier molecular flexibility index (Phi) is 2.30. The molecule has 0 spiro atoms. The van der Waals surface area contributed by atoms with Crippen molar-refractivity contribution < 1.29 is 9.13 Å². The van der Waals surface area contributed by atoms with Crippen molar-refractivity contribution in [2.75, 3.05) is 12.4 Å². The van der Waals surface area contributed by atoms with Crippen LogP contribution in [-0.2, 0) is 4.74 Å².